The number of para-hydroxylation sites is 1. The molecule has 0 unspecified atom stereocenters. The van der Waals surface area contributed by atoms with Crippen LogP contribution in [0.25, 0.3) is 0 Å². The fourth-order valence-corrected chi connectivity index (χ4v) is 1.64. The number of carbonyl (C=O) groups excluding carboxylic acids is 2. The monoisotopic (exact) mass is 321 g/mol. The van der Waals surface area contributed by atoms with Crippen LogP contribution in [0.1, 0.15) is 17.3 Å². The number of nitriles is 1. The summed E-state index contributed by atoms with van der Waals surface area (Å²) in [6.07, 6.45) is 1.24. The Morgan fingerprint density at radius 1 is 1.41 bits per heavy atom. The summed E-state index contributed by atoms with van der Waals surface area (Å²) < 4.78 is 4.94. The molecule has 22 heavy (non-hydrogen) atoms. The molecule has 0 saturated heterocycles. The first kappa shape index (κ1) is 17.5. The number of carbonyl (C=O) groups is 2. The Balaban J connectivity index is 2.90. The topological polar surface area (TPSA) is 91.2 Å². The van der Waals surface area contributed by atoms with Crippen molar-refractivity contribution in [2.75, 3.05) is 24.3 Å². The number of nitrogens with one attached hydrogen (secondary N) is 2. The van der Waals surface area contributed by atoms with Crippen LogP contribution in [0.4, 0.5) is 5.69 Å². The molecule has 1 rings (SSSR count). The van der Waals surface area contributed by atoms with E-state index in [1.54, 1.807) is 37.3 Å². The summed E-state index contributed by atoms with van der Waals surface area (Å²) in [5.41, 5.74) is 0.640. The lowest BCUT2D eigenvalue weighted by Crippen LogP contribution is -2.26. The first-order valence-electron chi connectivity index (χ1n) is 6.61. The summed E-state index contributed by atoms with van der Waals surface area (Å²) in [6.45, 7) is 2.23. The molecule has 7 heteroatoms. The van der Waals surface area contributed by atoms with E-state index in [4.69, 9.17) is 21.6 Å². The number of alkyl halides is 1. The zero-order valence-corrected chi connectivity index (χ0v) is 12.8. The zero-order chi connectivity index (χ0) is 16.4. The van der Waals surface area contributed by atoms with Gasteiger partial charge in [0.2, 0.25) is 0 Å². The highest BCUT2D eigenvalue weighted by atomic mass is 35.5. The van der Waals surface area contributed by atoms with Crippen LogP contribution >= 0.6 is 11.6 Å². The molecule has 1 aromatic rings. The Labute approximate surface area is 133 Å². The fraction of sp³-hybridized carbons (Fsp3) is 0.267. The molecule has 0 aliphatic heterocycles. The van der Waals surface area contributed by atoms with Gasteiger partial charge in [-0.1, -0.05) is 12.1 Å². The third kappa shape index (κ3) is 5.11. The molecule has 1 aromatic carbocycles. The van der Waals surface area contributed by atoms with Gasteiger partial charge < -0.3 is 15.4 Å². The van der Waals surface area contributed by atoms with Gasteiger partial charge in [0.1, 0.15) is 11.6 Å². The third-order valence-electron chi connectivity index (χ3n) is 2.54. The van der Waals surface area contributed by atoms with Crippen molar-refractivity contribution in [1.82, 2.24) is 5.32 Å². The minimum absolute atomic E-state index is 0.122. The quantitative estimate of drug-likeness (QED) is 0.347. The van der Waals surface area contributed by atoms with Crippen molar-refractivity contribution in [3.05, 3.63) is 41.6 Å². The molecule has 0 spiro atoms. The lowest BCUT2D eigenvalue weighted by molar-refractivity contribution is -0.117. The second-order valence-corrected chi connectivity index (χ2v) is 4.40. The van der Waals surface area contributed by atoms with Gasteiger partial charge in [0.15, 0.2) is 0 Å². The second-order valence-electron chi connectivity index (χ2n) is 4.03. The number of hydrogen-bond acceptors (Lipinski definition) is 5. The Bertz CT molecular complexity index is 608. The van der Waals surface area contributed by atoms with Gasteiger partial charge in [-0.2, -0.15) is 5.26 Å². The van der Waals surface area contributed by atoms with E-state index in [-0.39, 0.29) is 24.6 Å². The van der Waals surface area contributed by atoms with Crippen molar-refractivity contribution in [2.45, 2.75) is 6.92 Å². The van der Waals surface area contributed by atoms with E-state index in [1.165, 1.54) is 6.20 Å². The standard InChI is InChI=1S/C15H16ClN3O3/c1-2-22-15(21)12-5-3-4-6-13(12)19-10-11(9-17)14(20)18-8-7-16/h3-6,10,19H,2,7-8H2,1H3,(H,18,20)/b11-10-. The Morgan fingerprint density at radius 3 is 2.77 bits per heavy atom. The SMILES string of the molecule is CCOC(=O)c1ccccc1N/C=C(/C#N)C(=O)NCCCl. The van der Waals surface area contributed by atoms with Gasteiger partial charge >= 0.3 is 5.97 Å². The molecule has 0 aromatic heterocycles. The molecular weight excluding hydrogens is 306 g/mol. The molecule has 2 N–H and O–H groups in total. The summed E-state index contributed by atoms with van der Waals surface area (Å²) >= 11 is 5.47. The van der Waals surface area contributed by atoms with Crippen molar-refractivity contribution in [3.63, 3.8) is 0 Å². The van der Waals surface area contributed by atoms with Crippen molar-refractivity contribution in [2.24, 2.45) is 0 Å². The number of amides is 1. The lowest BCUT2D eigenvalue weighted by atomic mass is 10.2. The van der Waals surface area contributed by atoms with E-state index < -0.39 is 11.9 Å². The largest absolute Gasteiger partial charge is 0.462 e. The summed E-state index contributed by atoms with van der Waals surface area (Å²) in [7, 11) is 0. The van der Waals surface area contributed by atoms with E-state index in [1.807, 2.05) is 0 Å². The Kier molecular flexibility index (Phi) is 7.51. The van der Waals surface area contributed by atoms with E-state index >= 15 is 0 Å². The Morgan fingerprint density at radius 2 is 2.14 bits per heavy atom. The molecule has 0 aliphatic carbocycles. The number of ether oxygens (including phenoxy) is 1. The molecule has 1 amide bonds. The molecule has 0 fully saturated rings. The predicted molar refractivity (Wildman–Crippen MR) is 83.4 cm³/mol. The van der Waals surface area contributed by atoms with Crippen LogP contribution in [0, 0.1) is 11.3 Å². The van der Waals surface area contributed by atoms with Crippen molar-refractivity contribution < 1.29 is 14.3 Å². The third-order valence-corrected chi connectivity index (χ3v) is 2.73. The van der Waals surface area contributed by atoms with Crippen molar-refractivity contribution >= 4 is 29.2 Å². The van der Waals surface area contributed by atoms with Gasteiger partial charge in [-0.25, -0.2) is 4.79 Å². The molecule has 0 bridgehead atoms. The minimum Gasteiger partial charge on any atom is -0.462 e. The van der Waals surface area contributed by atoms with Gasteiger partial charge in [-0.3, -0.25) is 4.79 Å². The average molecular weight is 322 g/mol. The molecule has 0 heterocycles. The second kappa shape index (κ2) is 9.42. The molecule has 0 saturated carbocycles. The van der Waals surface area contributed by atoms with Crippen molar-refractivity contribution in [3.8, 4) is 6.07 Å². The van der Waals surface area contributed by atoms with Gasteiger partial charge in [0, 0.05) is 18.6 Å². The number of benzene rings is 1. The molecule has 116 valence electrons. The maximum absolute atomic E-state index is 11.8. The molecular formula is C15H16ClN3O3. The summed E-state index contributed by atoms with van der Waals surface area (Å²) in [6, 6.07) is 8.44. The highest BCUT2D eigenvalue weighted by Crippen LogP contribution is 2.16. The van der Waals surface area contributed by atoms with Crippen LogP contribution in [0.15, 0.2) is 36.0 Å². The number of hydrogen-bond donors (Lipinski definition) is 2. The number of nitrogens with zero attached hydrogens (tertiary/aromatic N) is 1. The van der Waals surface area contributed by atoms with Crippen LogP contribution in [0.3, 0.4) is 0 Å². The molecule has 0 atom stereocenters. The van der Waals surface area contributed by atoms with Crippen molar-refractivity contribution in [1.29, 1.82) is 5.26 Å². The van der Waals surface area contributed by atoms with Gasteiger partial charge in [0.05, 0.1) is 17.9 Å². The molecule has 0 radical (unpaired) electrons. The smallest absolute Gasteiger partial charge is 0.340 e. The van der Waals surface area contributed by atoms with Crippen LogP contribution in [-0.2, 0) is 9.53 Å². The summed E-state index contributed by atoms with van der Waals surface area (Å²) in [5.74, 6) is -0.766. The first-order chi connectivity index (χ1) is 10.6. The summed E-state index contributed by atoms with van der Waals surface area (Å²) in [4.78, 5) is 23.5. The van der Waals surface area contributed by atoms with Crippen LogP contribution < -0.4 is 10.6 Å². The Hall–Kier alpha value is -2.52. The van der Waals surface area contributed by atoms with Crippen LogP contribution in [0.5, 0.6) is 0 Å². The predicted octanol–water partition coefficient (Wildman–Crippen LogP) is 2.04. The number of anilines is 1. The van der Waals surface area contributed by atoms with E-state index in [0.29, 0.717) is 11.3 Å². The van der Waals surface area contributed by atoms with Gasteiger partial charge in [0.25, 0.3) is 5.91 Å². The highest BCUT2D eigenvalue weighted by Gasteiger charge is 2.12. The zero-order valence-electron chi connectivity index (χ0n) is 12.1. The maximum Gasteiger partial charge on any atom is 0.340 e. The number of esters is 1. The van der Waals surface area contributed by atoms with Crippen LogP contribution in [-0.4, -0.2) is 30.9 Å². The number of rotatable bonds is 7. The number of halogens is 1. The van der Waals surface area contributed by atoms with Crippen LogP contribution in [0.2, 0.25) is 0 Å². The molecule has 0 aliphatic rings. The normalized spacial score (nSPS) is 10.5. The van der Waals surface area contributed by atoms with Gasteiger partial charge in [-0.15, -0.1) is 11.6 Å². The van der Waals surface area contributed by atoms with E-state index in [0.717, 1.165) is 0 Å². The molecule has 6 nitrogen and oxygen atoms in total. The van der Waals surface area contributed by atoms with Gasteiger partial charge in [-0.05, 0) is 19.1 Å². The fourth-order valence-electron chi connectivity index (χ4n) is 1.55. The van der Waals surface area contributed by atoms with E-state index in [9.17, 15) is 9.59 Å². The first-order valence-corrected chi connectivity index (χ1v) is 7.14. The lowest BCUT2D eigenvalue weighted by Gasteiger charge is -2.09. The average Bonchev–Trinajstić information content (AvgIpc) is 2.54. The maximum atomic E-state index is 11.8. The minimum atomic E-state index is -0.538. The van der Waals surface area contributed by atoms with E-state index in [2.05, 4.69) is 10.6 Å². The summed E-state index contributed by atoms with van der Waals surface area (Å²) in [5, 5.41) is 14.3. The highest BCUT2D eigenvalue weighted by molar-refractivity contribution is 6.18.